The Balaban J connectivity index is 2.08. The zero-order chi connectivity index (χ0) is 14.4. The molecule has 0 heterocycles. The lowest BCUT2D eigenvalue weighted by atomic mass is 9.90. The van der Waals surface area contributed by atoms with E-state index in [9.17, 15) is 5.26 Å². The fourth-order valence-corrected chi connectivity index (χ4v) is 3.37. The Morgan fingerprint density at radius 1 is 1.35 bits per heavy atom. The molecule has 2 nitrogen and oxygen atoms in total. The SMILES string of the molecule is CCCC1CCCC(C#N)(Nc2cccc(C)c2)CC1. The molecule has 1 N–H and O–H groups in total. The van der Waals surface area contributed by atoms with E-state index in [4.69, 9.17) is 0 Å². The molecule has 20 heavy (non-hydrogen) atoms. The number of hydrogen-bond donors (Lipinski definition) is 1. The smallest absolute Gasteiger partial charge is 0.125 e. The molecule has 0 aliphatic heterocycles. The zero-order valence-electron chi connectivity index (χ0n) is 12.8. The van der Waals surface area contributed by atoms with Gasteiger partial charge in [-0.3, -0.25) is 0 Å². The van der Waals surface area contributed by atoms with Crippen molar-refractivity contribution in [2.75, 3.05) is 5.32 Å². The lowest BCUT2D eigenvalue weighted by Gasteiger charge is -2.28. The van der Waals surface area contributed by atoms with E-state index in [1.54, 1.807) is 0 Å². The van der Waals surface area contributed by atoms with Gasteiger partial charge in [0, 0.05) is 5.69 Å². The van der Waals surface area contributed by atoms with E-state index in [1.807, 2.05) is 0 Å². The minimum absolute atomic E-state index is 0.365. The Hall–Kier alpha value is -1.49. The van der Waals surface area contributed by atoms with Crippen molar-refractivity contribution in [1.29, 1.82) is 5.26 Å². The Labute approximate surface area is 123 Å². The van der Waals surface area contributed by atoms with Crippen LogP contribution in [-0.2, 0) is 0 Å². The molecule has 108 valence electrons. The summed E-state index contributed by atoms with van der Waals surface area (Å²) in [6.45, 7) is 4.35. The van der Waals surface area contributed by atoms with Gasteiger partial charge >= 0.3 is 0 Å². The largest absolute Gasteiger partial charge is 0.367 e. The third-order valence-corrected chi connectivity index (χ3v) is 4.51. The molecule has 1 aromatic rings. The van der Waals surface area contributed by atoms with Crippen LogP contribution in [0, 0.1) is 24.2 Å². The number of rotatable bonds is 4. The lowest BCUT2D eigenvalue weighted by molar-refractivity contribution is 0.416. The highest BCUT2D eigenvalue weighted by molar-refractivity contribution is 5.49. The van der Waals surface area contributed by atoms with E-state index >= 15 is 0 Å². The molecule has 2 atom stereocenters. The molecule has 0 saturated heterocycles. The Morgan fingerprint density at radius 2 is 2.20 bits per heavy atom. The van der Waals surface area contributed by atoms with Gasteiger partial charge in [0.2, 0.25) is 0 Å². The van der Waals surface area contributed by atoms with Crippen LogP contribution < -0.4 is 5.32 Å². The van der Waals surface area contributed by atoms with Crippen LogP contribution >= 0.6 is 0 Å². The normalized spacial score (nSPS) is 26.6. The van der Waals surface area contributed by atoms with E-state index in [-0.39, 0.29) is 5.54 Å². The molecule has 2 heteroatoms. The Morgan fingerprint density at radius 3 is 2.90 bits per heavy atom. The standard InChI is InChI=1S/C18H26N2/c1-3-6-16-8-5-11-18(14-19,12-10-16)20-17-9-4-7-15(2)13-17/h4,7,9,13,16,20H,3,5-6,8,10-12H2,1-2H3. The van der Waals surface area contributed by atoms with E-state index in [0.29, 0.717) is 0 Å². The van der Waals surface area contributed by atoms with Crippen LogP contribution in [0.15, 0.2) is 24.3 Å². The first-order valence-electron chi connectivity index (χ1n) is 7.93. The van der Waals surface area contributed by atoms with E-state index in [1.165, 1.54) is 31.2 Å². The molecule has 2 unspecified atom stereocenters. The molecule has 1 fully saturated rings. The Kier molecular flexibility index (Phi) is 5.06. The Bertz CT molecular complexity index is 475. The van der Waals surface area contributed by atoms with E-state index < -0.39 is 0 Å². The van der Waals surface area contributed by atoms with Crippen molar-refractivity contribution < 1.29 is 0 Å². The summed E-state index contributed by atoms with van der Waals surface area (Å²) in [6.07, 6.45) is 8.14. The topological polar surface area (TPSA) is 35.8 Å². The average Bonchev–Trinajstić information content (AvgIpc) is 2.63. The molecule has 0 amide bonds. The molecular weight excluding hydrogens is 244 g/mol. The molecule has 1 aliphatic carbocycles. The second-order valence-corrected chi connectivity index (χ2v) is 6.27. The van der Waals surface area contributed by atoms with Gasteiger partial charge in [-0.1, -0.05) is 38.3 Å². The molecule has 1 saturated carbocycles. The molecule has 1 aromatic carbocycles. The minimum atomic E-state index is -0.365. The van der Waals surface area contributed by atoms with Crippen molar-refractivity contribution in [2.24, 2.45) is 5.92 Å². The first-order valence-corrected chi connectivity index (χ1v) is 7.93. The molecule has 0 bridgehead atoms. The van der Waals surface area contributed by atoms with Gasteiger partial charge in [0.1, 0.15) is 5.54 Å². The fraction of sp³-hybridized carbons (Fsp3) is 0.611. The molecule has 2 rings (SSSR count). The van der Waals surface area contributed by atoms with Crippen LogP contribution in [-0.4, -0.2) is 5.54 Å². The number of nitrogens with zero attached hydrogens (tertiary/aromatic N) is 1. The van der Waals surface area contributed by atoms with Gasteiger partial charge in [-0.25, -0.2) is 0 Å². The summed E-state index contributed by atoms with van der Waals surface area (Å²) in [6, 6.07) is 10.9. The average molecular weight is 270 g/mol. The first-order chi connectivity index (χ1) is 9.67. The van der Waals surface area contributed by atoms with Gasteiger partial charge in [-0.05, 0) is 56.2 Å². The van der Waals surface area contributed by atoms with Gasteiger partial charge in [0.15, 0.2) is 0 Å². The third-order valence-electron chi connectivity index (χ3n) is 4.51. The number of hydrogen-bond acceptors (Lipinski definition) is 2. The first kappa shape index (κ1) is 14.9. The van der Waals surface area contributed by atoms with Crippen molar-refractivity contribution in [3.05, 3.63) is 29.8 Å². The number of nitriles is 1. The monoisotopic (exact) mass is 270 g/mol. The molecular formula is C18H26N2. The molecule has 0 aromatic heterocycles. The van der Waals surface area contributed by atoms with Crippen LogP contribution in [0.5, 0.6) is 0 Å². The van der Waals surface area contributed by atoms with Crippen LogP contribution in [0.1, 0.15) is 57.4 Å². The van der Waals surface area contributed by atoms with Crippen LogP contribution in [0.25, 0.3) is 0 Å². The summed E-state index contributed by atoms with van der Waals surface area (Å²) in [5.74, 6) is 0.814. The number of benzene rings is 1. The highest BCUT2D eigenvalue weighted by atomic mass is 15.0. The second-order valence-electron chi connectivity index (χ2n) is 6.27. The second kappa shape index (κ2) is 6.79. The number of nitrogens with one attached hydrogen (secondary N) is 1. The zero-order valence-corrected chi connectivity index (χ0v) is 12.8. The number of aryl methyl sites for hydroxylation is 1. The van der Waals surface area contributed by atoms with Crippen molar-refractivity contribution in [2.45, 2.75) is 64.3 Å². The molecule has 0 radical (unpaired) electrons. The summed E-state index contributed by atoms with van der Waals surface area (Å²) in [4.78, 5) is 0. The van der Waals surface area contributed by atoms with Gasteiger partial charge in [0.25, 0.3) is 0 Å². The third kappa shape index (κ3) is 3.76. The van der Waals surface area contributed by atoms with E-state index in [0.717, 1.165) is 30.9 Å². The fourth-order valence-electron chi connectivity index (χ4n) is 3.37. The number of anilines is 1. The molecule has 0 spiro atoms. The predicted molar refractivity (Wildman–Crippen MR) is 84.6 cm³/mol. The van der Waals surface area contributed by atoms with Crippen LogP contribution in [0.4, 0.5) is 5.69 Å². The maximum absolute atomic E-state index is 9.70. The van der Waals surface area contributed by atoms with Gasteiger partial charge in [-0.2, -0.15) is 5.26 Å². The van der Waals surface area contributed by atoms with Gasteiger partial charge in [-0.15, -0.1) is 0 Å². The maximum Gasteiger partial charge on any atom is 0.125 e. The van der Waals surface area contributed by atoms with E-state index in [2.05, 4.69) is 49.5 Å². The van der Waals surface area contributed by atoms with Crippen LogP contribution in [0.2, 0.25) is 0 Å². The highest BCUT2D eigenvalue weighted by Gasteiger charge is 2.33. The minimum Gasteiger partial charge on any atom is -0.367 e. The molecule has 1 aliphatic rings. The summed E-state index contributed by atoms with van der Waals surface area (Å²) < 4.78 is 0. The predicted octanol–water partition coefficient (Wildman–Crippen LogP) is 5.05. The highest BCUT2D eigenvalue weighted by Crippen LogP contribution is 2.34. The van der Waals surface area contributed by atoms with Crippen molar-refractivity contribution in [3.8, 4) is 6.07 Å². The summed E-state index contributed by atoms with van der Waals surface area (Å²) in [5, 5.41) is 13.2. The maximum atomic E-state index is 9.70. The van der Waals surface area contributed by atoms with Crippen molar-refractivity contribution >= 4 is 5.69 Å². The van der Waals surface area contributed by atoms with Gasteiger partial charge in [0.05, 0.1) is 6.07 Å². The van der Waals surface area contributed by atoms with Crippen molar-refractivity contribution in [1.82, 2.24) is 0 Å². The van der Waals surface area contributed by atoms with Gasteiger partial charge < -0.3 is 5.32 Å². The van der Waals surface area contributed by atoms with Crippen LogP contribution in [0.3, 0.4) is 0 Å². The van der Waals surface area contributed by atoms with Crippen molar-refractivity contribution in [3.63, 3.8) is 0 Å². The lowest BCUT2D eigenvalue weighted by Crippen LogP contribution is -2.36. The summed E-state index contributed by atoms with van der Waals surface area (Å²) in [7, 11) is 0. The quantitative estimate of drug-likeness (QED) is 0.777. The summed E-state index contributed by atoms with van der Waals surface area (Å²) >= 11 is 0. The summed E-state index contributed by atoms with van der Waals surface area (Å²) in [5.41, 5.74) is 1.96.